The van der Waals surface area contributed by atoms with Crippen molar-refractivity contribution in [3.8, 4) is 0 Å². The van der Waals surface area contributed by atoms with Gasteiger partial charge in [-0.05, 0) is 58.6 Å². The molecule has 0 unspecified atom stereocenters. The van der Waals surface area contributed by atoms with Crippen LogP contribution in [0.3, 0.4) is 0 Å². The Kier molecular flexibility index (Phi) is 7.01. The van der Waals surface area contributed by atoms with Crippen LogP contribution in [0, 0.1) is 0 Å². The quantitative estimate of drug-likeness (QED) is 0.752. The van der Waals surface area contributed by atoms with E-state index in [-0.39, 0.29) is 0 Å². The minimum absolute atomic E-state index is 0.508. The van der Waals surface area contributed by atoms with Crippen LogP contribution in [0.25, 0.3) is 0 Å². The van der Waals surface area contributed by atoms with E-state index in [1.165, 1.54) is 43.5 Å². The number of rotatable bonds is 7. The summed E-state index contributed by atoms with van der Waals surface area (Å²) in [5, 5.41) is 3.88. The van der Waals surface area contributed by atoms with Gasteiger partial charge in [0.2, 0.25) is 0 Å². The Morgan fingerprint density at radius 2 is 1.65 bits per heavy atom. The van der Waals surface area contributed by atoms with Crippen LogP contribution in [-0.4, -0.2) is 23.0 Å². The van der Waals surface area contributed by atoms with Gasteiger partial charge in [-0.15, -0.1) is 0 Å². The lowest BCUT2D eigenvalue weighted by atomic mass is 9.95. The third kappa shape index (κ3) is 5.60. The smallest absolute Gasteiger partial charge is 0.0981 e. The Labute approximate surface area is 143 Å². The molecule has 0 bridgehead atoms. The van der Waals surface area contributed by atoms with Gasteiger partial charge in [0.05, 0.1) is 5.82 Å². The molecule has 0 heterocycles. The summed E-state index contributed by atoms with van der Waals surface area (Å²) in [6, 6.07) is 12.4. The van der Waals surface area contributed by atoms with E-state index in [2.05, 4.69) is 74.3 Å². The molecule has 1 saturated carbocycles. The van der Waals surface area contributed by atoms with Crippen LogP contribution < -0.4 is 5.32 Å². The molecule has 1 aliphatic rings. The molecule has 0 saturated heterocycles. The van der Waals surface area contributed by atoms with Crippen molar-refractivity contribution in [3.05, 3.63) is 47.8 Å². The van der Waals surface area contributed by atoms with Gasteiger partial charge < -0.3 is 10.2 Å². The molecule has 0 amide bonds. The van der Waals surface area contributed by atoms with Crippen LogP contribution in [0.1, 0.15) is 65.4 Å². The Balaban J connectivity index is 2.14. The Morgan fingerprint density at radius 1 is 1.04 bits per heavy atom. The fourth-order valence-corrected chi connectivity index (χ4v) is 3.68. The predicted octanol–water partition coefficient (Wildman–Crippen LogP) is 5.11. The van der Waals surface area contributed by atoms with Gasteiger partial charge in [0.25, 0.3) is 0 Å². The van der Waals surface area contributed by atoms with E-state index in [1.54, 1.807) is 0 Å². The predicted molar refractivity (Wildman–Crippen MR) is 100 cm³/mol. The molecule has 0 aromatic heterocycles. The lowest BCUT2D eigenvalue weighted by Crippen LogP contribution is -2.45. The van der Waals surface area contributed by atoms with Crippen molar-refractivity contribution < 1.29 is 0 Å². The minimum atomic E-state index is 0.508. The second kappa shape index (κ2) is 9.00. The summed E-state index contributed by atoms with van der Waals surface area (Å²) in [5.41, 5.74) is 1.38. The molecule has 1 fully saturated rings. The van der Waals surface area contributed by atoms with Gasteiger partial charge in [0.1, 0.15) is 0 Å². The second-order valence-electron chi connectivity index (χ2n) is 7.35. The molecule has 128 valence electrons. The molecular formula is C21H34N2. The normalized spacial score (nSPS) is 16.9. The van der Waals surface area contributed by atoms with E-state index in [4.69, 9.17) is 0 Å². The highest BCUT2D eigenvalue weighted by Gasteiger charge is 2.20. The first kappa shape index (κ1) is 17.9. The molecule has 0 aliphatic heterocycles. The first-order valence-electron chi connectivity index (χ1n) is 9.37. The van der Waals surface area contributed by atoms with Crippen molar-refractivity contribution >= 4 is 0 Å². The van der Waals surface area contributed by atoms with Crippen LogP contribution in [-0.2, 0) is 6.42 Å². The third-order valence-electron chi connectivity index (χ3n) is 4.72. The molecule has 0 radical (unpaired) electrons. The van der Waals surface area contributed by atoms with Crippen LogP contribution in [0.5, 0.6) is 0 Å². The molecule has 1 aromatic carbocycles. The number of hydrogen-bond donors (Lipinski definition) is 1. The highest BCUT2D eigenvalue weighted by atomic mass is 15.3. The third-order valence-corrected chi connectivity index (χ3v) is 4.72. The van der Waals surface area contributed by atoms with E-state index in [1.807, 2.05) is 0 Å². The first-order chi connectivity index (χ1) is 11.1. The first-order valence-corrected chi connectivity index (χ1v) is 9.37. The number of allylic oxidation sites excluding steroid dienone is 1. The minimum Gasteiger partial charge on any atom is -0.369 e. The number of hydrogen-bond acceptors (Lipinski definition) is 2. The molecule has 23 heavy (non-hydrogen) atoms. The van der Waals surface area contributed by atoms with Crippen molar-refractivity contribution in [2.75, 3.05) is 0 Å². The fourth-order valence-electron chi connectivity index (χ4n) is 3.68. The average molecular weight is 315 g/mol. The Morgan fingerprint density at radius 3 is 2.22 bits per heavy atom. The van der Waals surface area contributed by atoms with E-state index in [9.17, 15) is 0 Å². The van der Waals surface area contributed by atoms with Gasteiger partial charge in [-0.2, -0.15) is 0 Å². The topological polar surface area (TPSA) is 15.3 Å². The number of nitrogens with one attached hydrogen (secondary N) is 1. The largest absolute Gasteiger partial charge is 0.369 e. The summed E-state index contributed by atoms with van der Waals surface area (Å²) in [6.45, 7) is 9.16. The maximum atomic E-state index is 3.88. The van der Waals surface area contributed by atoms with E-state index in [0.717, 1.165) is 6.42 Å². The zero-order chi connectivity index (χ0) is 16.7. The SMILES string of the molecule is CC(C)N(/C(=C\Cc1ccccc1)NC1CCCCC1)C(C)C. The van der Waals surface area contributed by atoms with Gasteiger partial charge in [-0.1, -0.05) is 49.6 Å². The standard InChI is InChI=1S/C21H34N2/c1-17(2)23(18(3)4)21(22-20-13-9-6-10-14-20)16-15-19-11-7-5-8-12-19/h5,7-8,11-12,16-18,20,22H,6,9-10,13-15H2,1-4H3/b21-16-. The summed E-state index contributed by atoms with van der Waals surface area (Å²) in [4.78, 5) is 2.53. The van der Waals surface area contributed by atoms with E-state index >= 15 is 0 Å². The Hall–Kier alpha value is -1.44. The molecule has 1 aromatic rings. The van der Waals surface area contributed by atoms with Gasteiger partial charge in [0.15, 0.2) is 0 Å². The molecule has 1 aliphatic carbocycles. The Bertz CT molecular complexity index is 462. The maximum absolute atomic E-state index is 3.88. The summed E-state index contributed by atoms with van der Waals surface area (Å²) in [7, 11) is 0. The number of benzene rings is 1. The van der Waals surface area contributed by atoms with Crippen molar-refractivity contribution in [3.63, 3.8) is 0 Å². The molecule has 2 rings (SSSR count). The van der Waals surface area contributed by atoms with Gasteiger partial charge in [0, 0.05) is 18.1 Å². The van der Waals surface area contributed by atoms with E-state index in [0.29, 0.717) is 18.1 Å². The monoisotopic (exact) mass is 314 g/mol. The molecule has 1 N–H and O–H groups in total. The average Bonchev–Trinajstić information content (AvgIpc) is 2.54. The molecule has 2 nitrogen and oxygen atoms in total. The summed E-state index contributed by atoms with van der Waals surface area (Å²) >= 11 is 0. The summed E-state index contributed by atoms with van der Waals surface area (Å²) in [5.74, 6) is 1.32. The van der Waals surface area contributed by atoms with Crippen molar-refractivity contribution in [1.82, 2.24) is 10.2 Å². The van der Waals surface area contributed by atoms with Gasteiger partial charge in [-0.3, -0.25) is 0 Å². The molecule has 2 heteroatoms. The van der Waals surface area contributed by atoms with Gasteiger partial charge in [-0.25, -0.2) is 0 Å². The molecule has 0 atom stereocenters. The van der Waals surface area contributed by atoms with Crippen molar-refractivity contribution in [2.24, 2.45) is 0 Å². The lowest BCUT2D eigenvalue weighted by Gasteiger charge is -2.38. The molecule has 0 spiro atoms. The van der Waals surface area contributed by atoms with Crippen LogP contribution in [0.4, 0.5) is 0 Å². The molecular weight excluding hydrogens is 280 g/mol. The van der Waals surface area contributed by atoms with Crippen molar-refractivity contribution in [1.29, 1.82) is 0 Å². The number of nitrogens with zero attached hydrogens (tertiary/aromatic N) is 1. The highest BCUT2D eigenvalue weighted by Crippen LogP contribution is 2.21. The highest BCUT2D eigenvalue weighted by molar-refractivity contribution is 5.19. The summed E-state index contributed by atoms with van der Waals surface area (Å²) in [6.07, 6.45) is 10.1. The zero-order valence-electron chi connectivity index (χ0n) is 15.4. The fraction of sp³-hybridized carbons (Fsp3) is 0.619. The summed E-state index contributed by atoms with van der Waals surface area (Å²) < 4.78 is 0. The van der Waals surface area contributed by atoms with Crippen LogP contribution in [0.15, 0.2) is 42.2 Å². The maximum Gasteiger partial charge on any atom is 0.0981 e. The van der Waals surface area contributed by atoms with E-state index < -0.39 is 0 Å². The second-order valence-corrected chi connectivity index (χ2v) is 7.35. The van der Waals surface area contributed by atoms with Crippen molar-refractivity contribution in [2.45, 2.75) is 84.3 Å². The van der Waals surface area contributed by atoms with Crippen LogP contribution in [0.2, 0.25) is 0 Å². The zero-order valence-corrected chi connectivity index (χ0v) is 15.4. The van der Waals surface area contributed by atoms with Gasteiger partial charge >= 0.3 is 0 Å². The van der Waals surface area contributed by atoms with Crippen LogP contribution >= 0.6 is 0 Å². The lowest BCUT2D eigenvalue weighted by molar-refractivity contribution is 0.202.